The highest BCUT2D eigenvalue weighted by Crippen LogP contribution is 2.14. The minimum atomic E-state index is -3.72. The number of ether oxygens (including phenoxy) is 1. The van der Waals surface area contributed by atoms with Crippen molar-refractivity contribution in [1.29, 1.82) is 0 Å². The van der Waals surface area contributed by atoms with Crippen molar-refractivity contribution in [3.05, 3.63) is 59.1 Å². The second kappa shape index (κ2) is 9.50. The molecule has 7 nitrogen and oxygen atoms in total. The zero-order valence-electron chi connectivity index (χ0n) is 14.6. The highest BCUT2D eigenvalue weighted by molar-refractivity contribution is 7.89. The molecule has 0 aromatic heterocycles. The fraction of sp³-hybridized carbons (Fsp3) is 0.222. The Morgan fingerprint density at radius 2 is 1.81 bits per heavy atom. The van der Waals surface area contributed by atoms with E-state index in [4.69, 9.17) is 16.3 Å². The Morgan fingerprint density at radius 3 is 2.48 bits per heavy atom. The van der Waals surface area contributed by atoms with Crippen LogP contribution in [0, 0.1) is 0 Å². The number of rotatable bonds is 8. The van der Waals surface area contributed by atoms with Crippen LogP contribution in [0.1, 0.15) is 23.7 Å². The summed E-state index contributed by atoms with van der Waals surface area (Å²) in [6.07, 6.45) is -0.0730. The summed E-state index contributed by atoms with van der Waals surface area (Å²) >= 11 is 5.74. The molecule has 2 aromatic rings. The molecule has 9 heteroatoms. The fourth-order valence-corrected chi connectivity index (χ4v) is 3.32. The Bertz CT molecular complexity index is 914. The lowest BCUT2D eigenvalue weighted by molar-refractivity contribution is -0.116. The SMILES string of the molecule is CCOC(=O)c1cccc(NC(=O)CCNS(=O)(=O)c2ccc(Cl)cc2)c1. The largest absolute Gasteiger partial charge is 0.462 e. The van der Waals surface area contributed by atoms with E-state index in [2.05, 4.69) is 10.0 Å². The Hall–Kier alpha value is -2.42. The number of benzene rings is 2. The van der Waals surface area contributed by atoms with Crippen LogP contribution in [0.2, 0.25) is 5.02 Å². The molecule has 27 heavy (non-hydrogen) atoms. The first-order chi connectivity index (χ1) is 12.8. The van der Waals surface area contributed by atoms with Crippen LogP contribution < -0.4 is 10.0 Å². The van der Waals surface area contributed by atoms with E-state index in [0.717, 1.165) is 0 Å². The quantitative estimate of drug-likeness (QED) is 0.651. The van der Waals surface area contributed by atoms with Gasteiger partial charge in [0.25, 0.3) is 0 Å². The summed E-state index contributed by atoms with van der Waals surface area (Å²) in [4.78, 5) is 23.8. The van der Waals surface area contributed by atoms with Crippen molar-refractivity contribution in [3.63, 3.8) is 0 Å². The smallest absolute Gasteiger partial charge is 0.338 e. The van der Waals surface area contributed by atoms with Gasteiger partial charge in [-0.05, 0) is 49.4 Å². The van der Waals surface area contributed by atoms with Crippen LogP contribution in [0.3, 0.4) is 0 Å². The van der Waals surface area contributed by atoms with Gasteiger partial charge in [-0.2, -0.15) is 0 Å². The Labute approximate surface area is 162 Å². The van der Waals surface area contributed by atoms with E-state index in [1.807, 2.05) is 0 Å². The molecule has 2 aromatic carbocycles. The Morgan fingerprint density at radius 1 is 1.11 bits per heavy atom. The third-order valence-electron chi connectivity index (χ3n) is 3.43. The van der Waals surface area contributed by atoms with Crippen LogP contribution >= 0.6 is 11.6 Å². The number of anilines is 1. The van der Waals surface area contributed by atoms with Crippen molar-refractivity contribution < 1.29 is 22.7 Å². The first-order valence-electron chi connectivity index (χ1n) is 8.14. The molecule has 0 spiro atoms. The Kier molecular flexibility index (Phi) is 7.35. The van der Waals surface area contributed by atoms with Gasteiger partial charge < -0.3 is 10.1 Å². The summed E-state index contributed by atoms with van der Waals surface area (Å²) < 4.78 is 31.5. The molecule has 0 saturated carbocycles. The van der Waals surface area contributed by atoms with E-state index in [1.54, 1.807) is 25.1 Å². The van der Waals surface area contributed by atoms with Gasteiger partial charge in [-0.1, -0.05) is 17.7 Å². The molecule has 0 heterocycles. The molecule has 0 aliphatic rings. The summed E-state index contributed by atoms with van der Waals surface area (Å²) in [6.45, 7) is 1.88. The van der Waals surface area contributed by atoms with Gasteiger partial charge in [-0.3, -0.25) is 4.79 Å². The van der Waals surface area contributed by atoms with Gasteiger partial charge in [-0.15, -0.1) is 0 Å². The lowest BCUT2D eigenvalue weighted by atomic mass is 10.2. The molecule has 0 bridgehead atoms. The maximum Gasteiger partial charge on any atom is 0.338 e. The highest BCUT2D eigenvalue weighted by Gasteiger charge is 2.14. The van der Waals surface area contributed by atoms with Gasteiger partial charge in [0.15, 0.2) is 0 Å². The highest BCUT2D eigenvalue weighted by atomic mass is 35.5. The Balaban J connectivity index is 1.88. The van der Waals surface area contributed by atoms with E-state index < -0.39 is 21.9 Å². The predicted octanol–water partition coefficient (Wildman–Crippen LogP) is 2.82. The average molecular weight is 411 g/mol. The van der Waals surface area contributed by atoms with Crippen molar-refractivity contribution in [2.75, 3.05) is 18.5 Å². The van der Waals surface area contributed by atoms with E-state index in [1.165, 1.54) is 30.3 Å². The number of hydrogen-bond donors (Lipinski definition) is 2. The number of sulfonamides is 1. The molecular weight excluding hydrogens is 392 g/mol. The fourth-order valence-electron chi connectivity index (χ4n) is 2.16. The van der Waals surface area contributed by atoms with E-state index in [-0.39, 0.29) is 24.5 Å². The molecule has 0 fully saturated rings. The van der Waals surface area contributed by atoms with Gasteiger partial charge >= 0.3 is 5.97 Å². The van der Waals surface area contributed by atoms with Crippen LogP contribution in [0.4, 0.5) is 5.69 Å². The monoisotopic (exact) mass is 410 g/mol. The number of carbonyl (C=O) groups is 2. The molecule has 0 aliphatic carbocycles. The third kappa shape index (κ3) is 6.35. The molecule has 0 aliphatic heterocycles. The van der Waals surface area contributed by atoms with Gasteiger partial charge in [-0.25, -0.2) is 17.9 Å². The maximum absolute atomic E-state index is 12.1. The standard InChI is InChI=1S/C18H19ClN2O5S/c1-2-26-18(23)13-4-3-5-15(12-13)21-17(22)10-11-20-27(24,25)16-8-6-14(19)7-9-16/h3-9,12,20H,2,10-11H2,1H3,(H,21,22). The van der Waals surface area contributed by atoms with Crippen molar-refractivity contribution in [3.8, 4) is 0 Å². The van der Waals surface area contributed by atoms with Crippen molar-refractivity contribution >= 4 is 39.2 Å². The molecule has 0 saturated heterocycles. The van der Waals surface area contributed by atoms with Crippen LogP contribution in [0.15, 0.2) is 53.4 Å². The van der Waals surface area contributed by atoms with Crippen molar-refractivity contribution in [2.24, 2.45) is 0 Å². The zero-order chi connectivity index (χ0) is 19.9. The number of carbonyl (C=O) groups excluding carboxylic acids is 2. The summed E-state index contributed by atoms with van der Waals surface area (Å²) in [5.74, 6) is -0.876. The van der Waals surface area contributed by atoms with Crippen LogP contribution in [-0.2, 0) is 19.6 Å². The van der Waals surface area contributed by atoms with Crippen LogP contribution in [0.5, 0.6) is 0 Å². The number of halogens is 1. The number of amides is 1. The summed E-state index contributed by atoms with van der Waals surface area (Å²) in [5, 5.41) is 3.04. The third-order valence-corrected chi connectivity index (χ3v) is 5.15. The topological polar surface area (TPSA) is 102 Å². The molecule has 0 unspecified atom stereocenters. The summed E-state index contributed by atoms with van der Waals surface area (Å²) in [6, 6.07) is 12.0. The van der Waals surface area contributed by atoms with E-state index in [0.29, 0.717) is 16.3 Å². The molecule has 0 radical (unpaired) electrons. The van der Waals surface area contributed by atoms with Crippen molar-refractivity contribution in [1.82, 2.24) is 4.72 Å². The van der Waals surface area contributed by atoms with E-state index >= 15 is 0 Å². The van der Waals surface area contributed by atoms with Crippen LogP contribution in [-0.4, -0.2) is 33.4 Å². The minimum absolute atomic E-state index is 0.0643. The maximum atomic E-state index is 12.1. The number of hydrogen-bond acceptors (Lipinski definition) is 5. The van der Waals surface area contributed by atoms with Gasteiger partial charge in [0.1, 0.15) is 0 Å². The second-order valence-electron chi connectivity index (χ2n) is 5.45. The van der Waals surface area contributed by atoms with Gasteiger partial charge in [0.2, 0.25) is 15.9 Å². The van der Waals surface area contributed by atoms with Crippen LogP contribution in [0.25, 0.3) is 0 Å². The first-order valence-corrected chi connectivity index (χ1v) is 10.00. The first kappa shape index (κ1) is 20.9. The lowest BCUT2D eigenvalue weighted by Gasteiger charge is -2.09. The predicted molar refractivity (Wildman–Crippen MR) is 102 cm³/mol. The average Bonchev–Trinajstić information content (AvgIpc) is 2.62. The minimum Gasteiger partial charge on any atom is -0.462 e. The second-order valence-corrected chi connectivity index (χ2v) is 7.65. The molecule has 1 amide bonds. The molecule has 0 atom stereocenters. The van der Waals surface area contributed by atoms with Crippen molar-refractivity contribution in [2.45, 2.75) is 18.2 Å². The normalized spacial score (nSPS) is 11.0. The summed E-state index contributed by atoms with van der Waals surface area (Å²) in [5.41, 5.74) is 0.740. The summed E-state index contributed by atoms with van der Waals surface area (Å²) in [7, 11) is -3.72. The molecular formula is C18H19ClN2O5S. The number of esters is 1. The molecule has 144 valence electrons. The van der Waals surface area contributed by atoms with Gasteiger partial charge in [0.05, 0.1) is 17.1 Å². The van der Waals surface area contributed by atoms with E-state index in [9.17, 15) is 18.0 Å². The zero-order valence-corrected chi connectivity index (χ0v) is 16.1. The lowest BCUT2D eigenvalue weighted by Crippen LogP contribution is -2.27. The molecule has 2 N–H and O–H groups in total. The van der Waals surface area contributed by atoms with Gasteiger partial charge in [0, 0.05) is 23.7 Å². The number of nitrogens with one attached hydrogen (secondary N) is 2. The molecule has 2 rings (SSSR count).